The fourth-order valence-corrected chi connectivity index (χ4v) is 3.45. The summed E-state index contributed by atoms with van der Waals surface area (Å²) < 4.78 is 17.9. The highest BCUT2D eigenvalue weighted by Gasteiger charge is 2.33. The Labute approximate surface area is 121 Å². The van der Waals surface area contributed by atoms with E-state index in [1.165, 1.54) is 24.8 Å². The SMILES string of the molecule is O=C(NC1CC2CCN(C2)C1)c1cc2oc(F)cc2cn1. The van der Waals surface area contributed by atoms with Gasteiger partial charge >= 0.3 is 0 Å². The number of rotatable bonds is 2. The molecule has 110 valence electrons. The smallest absolute Gasteiger partial charge is 0.278 e. The highest BCUT2D eigenvalue weighted by molar-refractivity contribution is 5.95. The van der Waals surface area contributed by atoms with E-state index in [0.29, 0.717) is 16.9 Å². The Morgan fingerprint density at radius 1 is 1.43 bits per heavy atom. The summed E-state index contributed by atoms with van der Waals surface area (Å²) in [6.07, 6.45) is 3.72. The van der Waals surface area contributed by atoms with Crippen LogP contribution in [0.25, 0.3) is 11.0 Å². The maximum atomic E-state index is 13.0. The average Bonchev–Trinajstić information content (AvgIpc) is 2.99. The summed E-state index contributed by atoms with van der Waals surface area (Å²) in [4.78, 5) is 18.7. The van der Waals surface area contributed by atoms with E-state index < -0.39 is 6.01 Å². The first-order valence-corrected chi connectivity index (χ1v) is 7.26. The van der Waals surface area contributed by atoms with Crippen molar-refractivity contribution in [2.45, 2.75) is 18.9 Å². The molecule has 1 amide bonds. The van der Waals surface area contributed by atoms with Crippen LogP contribution < -0.4 is 5.32 Å². The van der Waals surface area contributed by atoms with Gasteiger partial charge in [-0.2, -0.15) is 4.39 Å². The number of carbonyl (C=O) groups excluding carboxylic acids is 1. The summed E-state index contributed by atoms with van der Waals surface area (Å²) in [5.41, 5.74) is 0.616. The Morgan fingerprint density at radius 3 is 3.19 bits per heavy atom. The topological polar surface area (TPSA) is 58.4 Å². The normalized spacial score (nSPS) is 28.0. The monoisotopic (exact) mass is 289 g/mol. The summed E-state index contributed by atoms with van der Waals surface area (Å²) in [7, 11) is 0. The molecule has 3 unspecified atom stereocenters. The summed E-state index contributed by atoms with van der Waals surface area (Å²) in [5, 5.41) is 3.59. The van der Waals surface area contributed by atoms with E-state index in [4.69, 9.17) is 4.42 Å². The van der Waals surface area contributed by atoms with Crippen LogP contribution in [-0.2, 0) is 0 Å². The van der Waals surface area contributed by atoms with Gasteiger partial charge in [-0.1, -0.05) is 0 Å². The number of fused-ring (bicyclic) bond motifs is 3. The van der Waals surface area contributed by atoms with Gasteiger partial charge in [-0.15, -0.1) is 0 Å². The second-order valence-electron chi connectivity index (χ2n) is 5.98. The summed E-state index contributed by atoms with van der Waals surface area (Å²) in [5.74, 6) is 0.472. The number of aromatic nitrogens is 1. The van der Waals surface area contributed by atoms with Crippen LogP contribution in [-0.4, -0.2) is 41.5 Å². The molecule has 2 aromatic rings. The van der Waals surface area contributed by atoms with Gasteiger partial charge in [-0.25, -0.2) is 0 Å². The third-order valence-corrected chi connectivity index (χ3v) is 4.41. The molecule has 0 saturated carbocycles. The van der Waals surface area contributed by atoms with E-state index in [1.54, 1.807) is 0 Å². The van der Waals surface area contributed by atoms with Gasteiger partial charge in [0.05, 0.1) is 0 Å². The maximum Gasteiger partial charge on any atom is 0.278 e. The molecule has 2 aromatic heterocycles. The van der Waals surface area contributed by atoms with Crippen molar-refractivity contribution < 1.29 is 13.6 Å². The number of pyridine rings is 1. The summed E-state index contributed by atoms with van der Waals surface area (Å²) >= 11 is 0. The molecule has 2 aliphatic heterocycles. The minimum atomic E-state index is -0.666. The molecule has 0 aliphatic carbocycles. The van der Waals surface area contributed by atoms with Crippen LogP contribution >= 0.6 is 0 Å². The largest absolute Gasteiger partial charge is 0.431 e. The Hall–Kier alpha value is -1.95. The number of hydrogen-bond acceptors (Lipinski definition) is 4. The molecule has 2 aliphatic rings. The number of piperidine rings is 1. The fraction of sp³-hybridized carbons (Fsp3) is 0.467. The number of furan rings is 1. The number of halogens is 1. The molecule has 2 saturated heterocycles. The predicted molar refractivity (Wildman–Crippen MR) is 74.4 cm³/mol. The second-order valence-corrected chi connectivity index (χ2v) is 5.98. The molecular weight excluding hydrogens is 273 g/mol. The minimum absolute atomic E-state index is 0.171. The molecule has 5 nitrogen and oxygen atoms in total. The third kappa shape index (κ3) is 2.40. The average molecular weight is 289 g/mol. The van der Waals surface area contributed by atoms with Gasteiger partial charge in [0.15, 0.2) is 0 Å². The first-order valence-electron chi connectivity index (χ1n) is 7.26. The van der Waals surface area contributed by atoms with Gasteiger partial charge < -0.3 is 14.6 Å². The molecule has 6 heteroatoms. The van der Waals surface area contributed by atoms with Crippen molar-refractivity contribution >= 4 is 16.9 Å². The first kappa shape index (κ1) is 12.8. The van der Waals surface area contributed by atoms with E-state index in [0.717, 1.165) is 26.1 Å². The Kier molecular flexibility index (Phi) is 2.92. The van der Waals surface area contributed by atoms with Crippen LogP contribution in [0.2, 0.25) is 0 Å². The van der Waals surface area contributed by atoms with E-state index in [1.807, 2.05) is 0 Å². The molecule has 2 fully saturated rings. The quantitative estimate of drug-likeness (QED) is 0.915. The van der Waals surface area contributed by atoms with E-state index >= 15 is 0 Å². The van der Waals surface area contributed by atoms with Gasteiger partial charge in [0.2, 0.25) is 0 Å². The molecule has 0 aromatic carbocycles. The number of amides is 1. The van der Waals surface area contributed by atoms with Crippen molar-refractivity contribution in [3.05, 3.63) is 30.0 Å². The van der Waals surface area contributed by atoms with E-state index in [9.17, 15) is 9.18 Å². The number of carbonyl (C=O) groups is 1. The van der Waals surface area contributed by atoms with Crippen LogP contribution in [0.15, 0.2) is 22.7 Å². The number of nitrogens with one attached hydrogen (secondary N) is 1. The molecule has 21 heavy (non-hydrogen) atoms. The standard InChI is InChI=1S/C15H16FN3O2/c16-14-4-10-6-17-12(5-13(10)21-14)15(20)18-11-3-9-1-2-19(7-9)8-11/h4-6,9,11H,1-3,7-8H2,(H,18,20). The van der Waals surface area contributed by atoms with E-state index in [-0.39, 0.29) is 17.6 Å². The van der Waals surface area contributed by atoms with Crippen LogP contribution in [0.3, 0.4) is 0 Å². The summed E-state index contributed by atoms with van der Waals surface area (Å²) in [6, 6.07) is 2.26. The zero-order valence-electron chi connectivity index (χ0n) is 11.5. The van der Waals surface area contributed by atoms with Crippen LogP contribution in [0.1, 0.15) is 23.3 Å². The van der Waals surface area contributed by atoms with Crippen LogP contribution in [0.5, 0.6) is 0 Å². The molecule has 4 heterocycles. The summed E-state index contributed by atoms with van der Waals surface area (Å²) in [6.45, 7) is 3.19. The number of nitrogens with zero attached hydrogens (tertiary/aromatic N) is 2. The predicted octanol–water partition coefficient (Wildman–Crippen LogP) is 1.79. The molecular formula is C15H16FN3O2. The zero-order chi connectivity index (χ0) is 14.4. The van der Waals surface area contributed by atoms with Crippen LogP contribution in [0.4, 0.5) is 4.39 Å². The fourth-order valence-electron chi connectivity index (χ4n) is 3.45. The first-order chi connectivity index (χ1) is 10.2. The van der Waals surface area contributed by atoms with Crippen LogP contribution in [0, 0.1) is 11.9 Å². The Balaban J connectivity index is 1.50. The van der Waals surface area contributed by atoms with Gasteiger partial charge in [0.1, 0.15) is 11.3 Å². The Bertz CT molecular complexity index is 687. The second kappa shape index (κ2) is 4.80. The van der Waals surface area contributed by atoms with Crippen molar-refractivity contribution in [3.8, 4) is 0 Å². The lowest BCUT2D eigenvalue weighted by Gasteiger charge is -2.30. The van der Waals surface area contributed by atoms with E-state index in [2.05, 4.69) is 15.2 Å². The molecule has 4 rings (SSSR count). The van der Waals surface area contributed by atoms with Crippen molar-refractivity contribution in [2.75, 3.05) is 19.6 Å². The van der Waals surface area contributed by atoms with Gasteiger partial charge in [0, 0.05) is 42.8 Å². The lowest BCUT2D eigenvalue weighted by Crippen LogP contribution is -2.47. The minimum Gasteiger partial charge on any atom is -0.431 e. The number of hydrogen-bond donors (Lipinski definition) is 1. The van der Waals surface area contributed by atoms with Crippen molar-refractivity contribution in [1.82, 2.24) is 15.2 Å². The van der Waals surface area contributed by atoms with Gasteiger partial charge in [-0.05, 0) is 25.3 Å². The molecule has 1 N–H and O–H groups in total. The Morgan fingerprint density at radius 2 is 2.33 bits per heavy atom. The highest BCUT2D eigenvalue weighted by Crippen LogP contribution is 2.27. The molecule has 0 radical (unpaired) electrons. The van der Waals surface area contributed by atoms with Gasteiger partial charge in [0.25, 0.3) is 11.9 Å². The third-order valence-electron chi connectivity index (χ3n) is 4.41. The molecule has 3 atom stereocenters. The zero-order valence-corrected chi connectivity index (χ0v) is 11.5. The van der Waals surface area contributed by atoms with Gasteiger partial charge in [-0.3, -0.25) is 9.78 Å². The lowest BCUT2D eigenvalue weighted by molar-refractivity contribution is 0.0904. The van der Waals surface area contributed by atoms with Crippen molar-refractivity contribution in [2.24, 2.45) is 5.92 Å². The molecule has 0 spiro atoms. The highest BCUT2D eigenvalue weighted by atomic mass is 19.1. The van der Waals surface area contributed by atoms with Crippen molar-refractivity contribution in [3.63, 3.8) is 0 Å². The maximum absolute atomic E-state index is 13.0. The van der Waals surface area contributed by atoms with Crippen molar-refractivity contribution in [1.29, 1.82) is 0 Å². The molecule has 2 bridgehead atoms. The lowest BCUT2D eigenvalue weighted by atomic mass is 9.97.